The number of aromatic nitrogens is 1. The van der Waals surface area contributed by atoms with Gasteiger partial charge in [-0.15, -0.1) is 0 Å². The van der Waals surface area contributed by atoms with E-state index in [0.29, 0.717) is 6.54 Å². The molecule has 3 rings (SSSR count). The third-order valence-electron chi connectivity index (χ3n) is 2.76. The van der Waals surface area contributed by atoms with E-state index in [0.717, 1.165) is 22.9 Å². The molecule has 0 aliphatic heterocycles. The number of hydrogen-bond acceptors (Lipinski definition) is 4. The van der Waals surface area contributed by atoms with Gasteiger partial charge in [-0.05, 0) is 24.3 Å². The normalized spacial score (nSPS) is 10.2. The molecule has 0 spiro atoms. The van der Waals surface area contributed by atoms with Gasteiger partial charge >= 0.3 is 0 Å². The fraction of sp³-hybridized carbons (Fsp3) is 0.0625. The van der Waals surface area contributed by atoms with Gasteiger partial charge in [-0.1, -0.05) is 24.3 Å². The molecule has 0 atom stereocenters. The van der Waals surface area contributed by atoms with E-state index in [1.54, 1.807) is 6.20 Å². The molecule has 1 N–H and O–H groups in total. The van der Waals surface area contributed by atoms with E-state index in [1.807, 2.05) is 54.6 Å². The van der Waals surface area contributed by atoms with Crippen molar-refractivity contribution in [2.45, 2.75) is 6.54 Å². The molecule has 3 aromatic rings. The molecule has 0 aliphatic carbocycles. The molecule has 4 nitrogen and oxygen atoms in total. The van der Waals surface area contributed by atoms with Gasteiger partial charge in [0.2, 0.25) is 0 Å². The van der Waals surface area contributed by atoms with Crippen LogP contribution in [0.4, 0.5) is 5.69 Å². The average Bonchev–Trinajstić information content (AvgIpc) is 3.00. The van der Waals surface area contributed by atoms with Crippen LogP contribution in [-0.4, -0.2) is 4.98 Å². The highest BCUT2D eigenvalue weighted by atomic mass is 16.5. The molecule has 2 aromatic carbocycles. The van der Waals surface area contributed by atoms with Crippen LogP contribution in [0.15, 0.2) is 71.6 Å². The zero-order valence-corrected chi connectivity index (χ0v) is 10.8. The molecule has 1 aromatic heterocycles. The Morgan fingerprint density at radius 1 is 1.00 bits per heavy atom. The van der Waals surface area contributed by atoms with Crippen molar-refractivity contribution in [2.24, 2.45) is 0 Å². The third-order valence-corrected chi connectivity index (χ3v) is 2.76. The summed E-state index contributed by atoms with van der Waals surface area (Å²) in [5, 5.41) is 3.26. The first kappa shape index (κ1) is 12.3. The van der Waals surface area contributed by atoms with Gasteiger partial charge in [0.05, 0.1) is 12.7 Å². The van der Waals surface area contributed by atoms with E-state index in [2.05, 4.69) is 10.3 Å². The second-order valence-corrected chi connectivity index (χ2v) is 4.26. The van der Waals surface area contributed by atoms with E-state index >= 15 is 0 Å². The summed E-state index contributed by atoms with van der Waals surface area (Å²) in [6.07, 6.45) is 3.11. The lowest BCUT2D eigenvalue weighted by Crippen LogP contribution is -1.98. The van der Waals surface area contributed by atoms with Crippen molar-refractivity contribution < 1.29 is 9.15 Å². The molecular weight excluding hydrogens is 252 g/mol. The van der Waals surface area contributed by atoms with Crippen molar-refractivity contribution in [3.8, 4) is 11.5 Å². The summed E-state index contributed by atoms with van der Waals surface area (Å²) < 4.78 is 11.0. The maximum absolute atomic E-state index is 5.78. The molecular formula is C16H14N2O2. The number of rotatable bonds is 5. The smallest absolute Gasteiger partial charge is 0.180 e. The van der Waals surface area contributed by atoms with E-state index < -0.39 is 0 Å². The fourth-order valence-corrected chi connectivity index (χ4v) is 1.81. The first-order valence-corrected chi connectivity index (χ1v) is 6.34. The van der Waals surface area contributed by atoms with Gasteiger partial charge in [0.15, 0.2) is 6.39 Å². The molecule has 100 valence electrons. The van der Waals surface area contributed by atoms with Crippen LogP contribution in [0.25, 0.3) is 0 Å². The number of anilines is 1. The largest absolute Gasteiger partial charge is 0.457 e. The quantitative estimate of drug-likeness (QED) is 0.756. The molecule has 4 heteroatoms. The summed E-state index contributed by atoms with van der Waals surface area (Å²) >= 11 is 0. The minimum atomic E-state index is 0.592. The molecule has 1 heterocycles. The highest BCUT2D eigenvalue weighted by molar-refractivity contribution is 5.49. The Labute approximate surface area is 117 Å². The van der Waals surface area contributed by atoms with Gasteiger partial charge < -0.3 is 14.5 Å². The number of nitrogens with zero attached hydrogens (tertiary/aromatic N) is 1. The Morgan fingerprint density at radius 2 is 1.85 bits per heavy atom. The van der Waals surface area contributed by atoms with Gasteiger partial charge in [0.1, 0.15) is 17.3 Å². The molecule has 20 heavy (non-hydrogen) atoms. The first-order chi connectivity index (χ1) is 9.90. The summed E-state index contributed by atoms with van der Waals surface area (Å²) in [5.74, 6) is 2.40. The summed E-state index contributed by atoms with van der Waals surface area (Å²) in [6.45, 7) is 0.592. The van der Waals surface area contributed by atoms with Crippen molar-refractivity contribution in [3.63, 3.8) is 0 Å². The Hall–Kier alpha value is -2.75. The van der Waals surface area contributed by atoms with E-state index in [1.165, 1.54) is 6.39 Å². The predicted molar refractivity (Wildman–Crippen MR) is 76.8 cm³/mol. The second kappa shape index (κ2) is 5.93. The monoisotopic (exact) mass is 266 g/mol. The first-order valence-electron chi connectivity index (χ1n) is 6.34. The fourth-order valence-electron chi connectivity index (χ4n) is 1.81. The Bertz CT molecular complexity index is 651. The Morgan fingerprint density at radius 3 is 2.65 bits per heavy atom. The Kier molecular flexibility index (Phi) is 3.64. The molecule has 0 saturated carbocycles. The van der Waals surface area contributed by atoms with Crippen molar-refractivity contribution in [3.05, 3.63) is 72.9 Å². The SMILES string of the molecule is c1ccc(Oc2cccc(NCc3cnco3)c2)cc1. The van der Waals surface area contributed by atoms with Gasteiger partial charge in [0.25, 0.3) is 0 Å². The topological polar surface area (TPSA) is 47.3 Å². The molecule has 0 saturated heterocycles. The van der Waals surface area contributed by atoms with Crippen LogP contribution in [0.1, 0.15) is 5.76 Å². The van der Waals surface area contributed by atoms with Gasteiger partial charge in [-0.25, -0.2) is 4.98 Å². The van der Waals surface area contributed by atoms with Crippen LogP contribution in [0.3, 0.4) is 0 Å². The highest BCUT2D eigenvalue weighted by Gasteiger charge is 2.00. The summed E-state index contributed by atoms with van der Waals surface area (Å²) in [7, 11) is 0. The number of benzene rings is 2. The molecule has 0 unspecified atom stereocenters. The van der Waals surface area contributed by atoms with Crippen molar-refractivity contribution in [1.29, 1.82) is 0 Å². The van der Waals surface area contributed by atoms with Crippen LogP contribution < -0.4 is 10.1 Å². The lowest BCUT2D eigenvalue weighted by molar-refractivity contribution is 0.482. The predicted octanol–water partition coefficient (Wildman–Crippen LogP) is 4.08. The zero-order valence-electron chi connectivity index (χ0n) is 10.8. The lowest BCUT2D eigenvalue weighted by atomic mass is 10.3. The average molecular weight is 266 g/mol. The van der Waals surface area contributed by atoms with Crippen molar-refractivity contribution in [1.82, 2.24) is 4.98 Å². The van der Waals surface area contributed by atoms with Crippen LogP contribution in [0, 0.1) is 0 Å². The van der Waals surface area contributed by atoms with Gasteiger partial charge in [-0.3, -0.25) is 0 Å². The zero-order chi connectivity index (χ0) is 13.6. The van der Waals surface area contributed by atoms with E-state index in [-0.39, 0.29) is 0 Å². The second-order valence-electron chi connectivity index (χ2n) is 4.26. The van der Waals surface area contributed by atoms with Crippen molar-refractivity contribution in [2.75, 3.05) is 5.32 Å². The minimum Gasteiger partial charge on any atom is -0.457 e. The van der Waals surface area contributed by atoms with E-state index in [9.17, 15) is 0 Å². The van der Waals surface area contributed by atoms with E-state index in [4.69, 9.17) is 9.15 Å². The number of hydrogen-bond donors (Lipinski definition) is 1. The maximum Gasteiger partial charge on any atom is 0.180 e. The number of para-hydroxylation sites is 1. The van der Waals surface area contributed by atoms with Crippen LogP contribution in [-0.2, 0) is 6.54 Å². The lowest BCUT2D eigenvalue weighted by Gasteiger charge is -2.08. The molecule has 0 aliphatic rings. The molecule has 0 bridgehead atoms. The number of ether oxygens (including phenoxy) is 1. The minimum absolute atomic E-state index is 0.592. The third kappa shape index (κ3) is 3.17. The summed E-state index contributed by atoms with van der Waals surface area (Å²) in [5.41, 5.74) is 0.967. The summed E-state index contributed by atoms with van der Waals surface area (Å²) in [4.78, 5) is 3.88. The Balaban J connectivity index is 1.66. The van der Waals surface area contributed by atoms with Crippen LogP contribution in [0.2, 0.25) is 0 Å². The van der Waals surface area contributed by atoms with Crippen LogP contribution in [0.5, 0.6) is 11.5 Å². The number of nitrogens with one attached hydrogen (secondary N) is 1. The van der Waals surface area contributed by atoms with Crippen LogP contribution >= 0.6 is 0 Å². The standard InChI is InChI=1S/C16H14N2O2/c1-2-6-14(7-3-1)20-15-8-4-5-13(9-15)18-11-16-10-17-12-19-16/h1-10,12,18H,11H2. The van der Waals surface area contributed by atoms with Gasteiger partial charge in [0, 0.05) is 11.8 Å². The highest BCUT2D eigenvalue weighted by Crippen LogP contribution is 2.24. The number of oxazole rings is 1. The van der Waals surface area contributed by atoms with Gasteiger partial charge in [-0.2, -0.15) is 0 Å². The molecule has 0 fully saturated rings. The molecule has 0 radical (unpaired) electrons. The summed E-state index contributed by atoms with van der Waals surface area (Å²) in [6, 6.07) is 17.5. The molecule has 0 amide bonds. The van der Waals surface area contributed by atoms with Crippen molar-refractivity contribution >= 4 is 5.69 Å². The maximum atomic E-state index is 5.78.